The molecule has 1 fully saturated rings. The van der Waals surface area contributed by atoms with Crippen molar-refractivity contribution in [2.75, 3.05) is 38.2 Å². The lowest BCUT2D eigenvalue weighted by atomic mass is 10.2. The molecule has 0 amide bonds. The predicted molar refractivity (Wildman–Crippen MR) is 78.1 cm³/mol. The van der Waals surface area contributed by atoms with Gasteiger partial charge in [-0.3, -0.25) is 5.10 Å². The van der Waals surface area contributed by atoms with Gasteiger partial charge >= 0.3 is 0 Å². The Morgan fingerprint density at radius 1 is 1.15 bits per heavy atom. The summed E-state index contributed by atoms with van der Waals surface area (Å²) < 4.78 is 5.16. The largest absolute Gasteiger partial charge is 0.497 e. The molecule has 106 valence electrons. The smallest absolute Gasteiger partial charge is 0.245 e. The number of rotatable bonds is 3. The second-order valence-electron chi connectivity index (χ2n) is 4.80. The number of hydrogen-bond acceptors (Lipinski definition) is 5. The number of ether oxygens (including phenoxy) is 1. The van der Waals surface area contributed by atoms with Gasteiger partial charge < -0.3 is 15.0 Å². The number of aromatic amines is 1. The molecule has 1 aliphatic rings. The summed E-state index contributed by atoms with van der Waals surface area (Å²) >= 11 is 0. The van der Waals surface area contributed by atoms with E-state index in [4.69, 9.17) is 4.74 Å². The van der Waals surface area contributed by atoms with Crippen molar-refractivity contribution in [1.29, 1.82) is 0 Å². The Bertz CT molecular complexity index is 543. The molecule has 2 N–H and O–H groups in total. The van der Waals surface area contributed by atoms with Gasteiger partial charge in [-0.2, -0.15) is 4.98 Å². The van der Waals surface area contributed by atoms with Crippen LogP contribution in [0, 0.1) is 0 Å². The second-order valence-corrected chi connectivity index (χ2v) is 4.80. The van der Waals surface area contributed by atoms with Gasteiger partial charge in [0.1, 0.15) is 5.75 Å². The molecular formula is C14H19N5O. The van der Waals surface area contributed by atoms with Crippen molar-refractivity contribution in [2.45, 2.75) is 6.42 Å². The first-order valence-electron chi connectivity index (χ1n) is 6.89. The minimum Gasteiger partial charge on any atom is -0.497 e. The third kappa shape index (κ3) is 2.75. The highest BCUT2D eigenvalue weighted by Crippen LogP contribution is 2.21. The lowest BCUT2D eigenvalue weighted by Crippen LogP contribution is -2.28. The molecule has 3 rings (SSSR count). The summed E-state index contributed by atoms with van der Waals surface area (Å²) in [4.78, 5) is 6.80. The summed E-state index contributed by atoms with van der Waals surface area (Å²) in [6, 6.07) is 7.81. The molecule has 2 aromatic rings. The van der Waals surface area contributed by atoms with Crippen molar-refractivity contribution in [3.8, 4) is 17.1 Å². The average molecular weight is 273 g/mol. The molecule has 1 aromatic heterocycles. The van der Waals surface area contributed by atoms with Crippen molar-refractivity contribution >= 4 is 5.95 Å². The molecule has 0 atom stereocenters. The van der Waals surface area contributed by atoms with Crippen LogP contribution in [0.4, 0.5) is 5.95 Å². The van der Waals surface area contributed by atoms with Crippen LogP contribution >= 0.6 is 0 Å². The number of hydrogen-bond donors (Lipinski definition) is 2. The standard InChI is InChI=1S/C14H19N5O/c1-20-12-5-3-11(4-6-12)13-16-14(18-17-13)19-9-2-7-15-8-10-19/h3-6,15H,2,7-10H2,1H3,(H,16,17,18). The first-order chi connectivity index (χ1) is 9.86. The van der Waals surface area contributed by atoms with Crippen molar-refractivity contribution in [1.82, 2.24) is 20.5 Å². The highest BCUT2D eigenvalue weighted by Gasteiger charge is 2.14. The first-order valence-corrected chi connectivity index (χ1v) is 6.89. The van der Waals surface area contributed by atoms with E-state index in [1.165, 1.54) is 0 Å². The Kier molecular flexibility index (Phi) is 3.83. The van der Waals surface area contributed by atoms with E-state index < -0.39 is 0 Å². The van der Waals surface area contributed by atoms with Crippen LogP contribution in [0.25, 0.3) is 11.4 Å². The number of anilines is 1. The fourth-order valence-corrected chi connectivity index (χ4v) is 2.32. The Morgan fingerprint density at radius 3 is 2.80 bits per heavy atom. The quantitative estimate of drug-likeness (QED) is 0.882. The molecule has 1 saturated heterocycles. The lowest BCUT2D eigenvalue weighted by molar-refractivity contribution is 0.415. The van der Waals surface area contributed by atoms with Crippen LogP contribution < -0.4 is 15.0 Å². The van der Waals surface area contributed by atoms with E-state index in [1.807, 2.05) is 24.3 Å². The molecule has 0 unspecified atom stereocenters. The SMILES string of the molecule is COc1ccc(-c2nc(N3CCCNCC3)n[nH]2)cc1. The van der Waals surface area contributed by atoms with Crippen LogP contribution in [0.2, 0.25) is 0 Å². The summed E-state index contributed by atoms with van der Waals surface area (Å²) in [5.74, 6) is 2.41. The van der Waals surface area contributed by atoms with E-state index in [0.29, 0.717) is 0 Å². The molecule has 20 heavy (non-hydrogen) atoms. The molecule has 1 aliphatic heterocycles. The van der Waals surface area contributed by atoms with Gasteiger partial charge in [0.05, 0.1) is 7.11 Å². The molecule has 0 saturated carbocycles. The Labute approximate surface area is 118 Å². The highest BCUT2D eigenvalue weighted by molar-refractivity contribution is 5.57. The lowest BCUT2D eigenvalue weighted by Gasteiger charge is -2.16. The van der Waals surface area contributed by atoms with Crippen LogP contribution in [0.1, 0.15) is 6.42 Å². The van der Waals surface area contributed by atoms with E-state index in [2.05, 4.69) is 25.4 Å². The maximum atomic E-state index is 5.16. The van der Waals surface area contributed by atoms with Gasteiger partial charge in [-0.1, -0.05) is 0 Å². The van der Waals surface area contributed by atoms with Gasteiger partial charge in [0.2, 0.25) is 5.95 Å². The topological polar surface area (TPSA) is 66.1 Å². The highest BCUT2D eigenvalue weighted by atomic mass is 16.5. The molecule has 6 nitrogen and oxygen atoms in total. The fraction of sp³-hybridized carbons (Fsp3) is 0.429. The van der Waals surface area contributed by atoms with E-state index in [1.54, 1.807) is 7.11 Å². The summed E-state index contributed by atoms with van der Waals surface area (Å²) in [5.41, 5.74) is 1.01. The average Bonchev–Trinajstić information content (AvgIpc) is 2.83. The minimum atomic E-state index is 0.777. The van der Waals surface area contributed by atoms with Gasteiger partial charge in [-0.25, -0.2) is 0 Å². The van der Waals surface area contributed by atoms with Gasteiger partial charge in [0.25, 0.3) is 0 Å². The van der Waals surface area contributed by atoms with Crippen LogP contribution in [0.15, 0.2) is 24.3 Å². The van der Waals surface area contributed by atoms with Crippen LogP contribution in [0.5, 0.6) is 5.75 Å². The maximum Gasteiger partial charge on any atom is 0.245 e. The van der Waals surface area contributed by atoms with Crippen molar-refractivity contribution in [3.05, 3.63) is 24.3 Å². The zero-order valence-electron chi connectivity index (χ0n) is 11.6. The Balaban J connectivity index is 1.78. The Hall–Kier alpha value is -2.08. The van der Waals surface area contributed by atoms with Crippen LogP contribution in [-0.4, -0.2) is 48.5 Å². The Morgan fingerprint density at radius 2 is 2.00 bits per heavy atom. The molecule has 0 aliphatic carbocycles. The third-order valence-electron chi connectivity index (χ3n) is 3.46. The van der Waals surface area contributed by atoms with E-state index in [9.17, 15) is 0 Å². The molecule has 0 spiro atoms. The molecule has 1 aromatic carbocycles. The fourth-order valence-electron chi connectivity index (χ4n) is 2.32. The van der Waals surface area contributed by atoms with Crippen molar-refractivity contribution < 1.29 is 4.74 Å². The number of H-pyrrole nitrogens is 1. The summed E-state index contributed by atoms with van der Waals surface area (Å²) in [6.07, 6.45) is 1.12. The van der Waals surface area contributed by atoms with Gasteiger partial charge in [-0.15, -0.1) is 5.10 Å². The van der Waals surface area contributed by atoms with E-state index in [0.717, 1.165) is 55.7 Å². The van der Waals surface area contributed by atoms with Gasteiger partial charge in [-0.05, 0) is 37.2 Å². The van der Waals surface area contributed by atoms with E-state index >= 15 is 0 Å². The number of methoxy groups -OCH3 is 1. The zero-order valence-corrected chi connectivity index (χ0v) is 11.6. The molecule has 0 radical (unpaired) electrons. The van der Waals surface area contributed by atoms with Crippen molar-refractivity contribution in [2.24, 2.45) is 0 Å². The first kappa shape index (κ1) is 12.9. The summed E-state index contributed by atoms with van der Waals surface area (Å²) in [5, 5.41) is 10.7. The minimum absolute atomic E-state index is 0.777. The number of aromatic nitrogens is 3. The maximum absolute atomic E-state index is 5.16. The summed E-state index contributed by atoms with van der Waals surface area (Å²) in [6.45, 7) is 3.98. The van der Waals surface area contributed by atoms with E-state index in [-0.39, 0.29) is 0 Å². The van der Waals surface area contributed by atoms with Crippen LogP contribution in [-0.2, 0) is 0 Å². The monoisotopic (exact) mass is 273 g/mol. The second kappa shape index (κ2) is 5.92. The molecule has 6 heteroatoms. The molecule has 2 heterocycles. The zero-order chi connectivity index (χ0) is 13.8. The summed E-state index contributed by atoms with van der Waals surface area (Å²) in [7, 11) is 1.66. The van der Waals surface area contributed by atoms with Crippen LogP contribution in [0.3, 0.4) is 0 Å². The number of benzene rings is 1. The van der Waals surface area contributed by atoms with Gasteiger partial charge in [0.15, 0.2) is 5.82 Å². The van der Waals surface area contributed by atoms with Crippen molar-refractivity contribution in [3.63, 3.8) is 0 Å². The number of nitrogens with one attached hydrogen (secondary N) is 2. The predicted octanol–water partition coefficient (Wildman–Crippen LogP) is 1.28. The molecule has 0 bridgehead atoms. The molecular weight excluding hydrogens is 254 g/mol. The number of nitrogens with zero attached hydrogens (tertiary/aromatic N) is 3. The normalized spacial score (nSPS) is 15.9. The van der Waals surface area contributed by atoms with Gasteiger partial charge in [0, 0.05) is 25.2 Å². The third-order valence-corrected chi connectivity index (χ3v) is 3.46.